The van der Waals surface area contributed by atoms with Gasteiger partial charge in [-0.2, -0.15) is 5.10 Å². The molecule has 150 valence electrons. The van der Waals surface area contributed by atoms with Crippen LogP contribution in [0, 0.1) is 17.6 Å². The molecule has 0 aliphatic carbocycles. The number of anilines is 1. The van der Waals surface area contributed by atoms with Crippen molar-refractivity contribution in [1.29, 1.82) is 0 Å². The summed E-state index contributed by atoms with van der Waals surface area (Å²) in [6, 6.07) is 4.89. The summed E-state index contributed by atoms with van der Waals surface area (Å²) in [6.45, 7) is 3.89. The fourth-order valence-corrected chi connectivity index (χ4v) is 3.49. The summed E-state index contributed by atoms with van der Waals surface area (Å²) in [5, 5.41) is 6.86. The number of halogens is 2. The molecule has 2 heterocycles. The number of benzene rings is 1. The molecular weight excluding hydrogens is 366 g/mol. The molecule has 1 fully saturated rings. The van der Waals surface area contributed by atoms with E-state index in [9.17, 15) is 18.4 Å². The average molecular weight is 390 g/mol. The van der Waals surface area contributed by atoms with Gasteiger partial charge in [-0.25, -0.2) is 13.5 Å². The van der Waals surface area contributed by atoms with Crippen molar-refractivity contribution in [2.75, 3.05) is 18.0 Å². The minimum atomic E-state index is -0.668. The second kappa shape index (κ2) is 8.95. The highest BCUT2D eigenvalue weighted by molar-refractivity contribution is 5.76. The van der Waals surface area contributed by atoms with E-state index in [2.05, 4.69) is 15.3 Å². The lowest BCUT2D eigenvalue weighted by Gasteiger charge is -2.34. The third kappa shape index (κ3) is 4.94. The van der Waals surface area contributed by atoms with Crippen molar-refractivity contribution < 1.29 is 13.6 Å². The lowest BCUT2D eigenvalue weighted by atomic mass is 9.94. The number of rotatable bonds is 6. The molecule has 0 bridgehead atoms. The normalized spacial score (nSPS) is 16.8. The lowest BCUT2D eigenvalue weighted by Crippen LogP contribution is -2.38. The molecule has 1 aromatic heterocycles. The number of nitrogens with zero attached hydrogens (tertiary/aromatic N) is 3. The van der Waals surface area contributed by atoms with E-state index in [0.717, 1.165) is 31.1 Å². The molecule has 0 radical (unpaired) electrons. The number of carbonyl (C=O) groups excluding carboxylic acids is 1. The summed E-state index contributed by atoms with van der Waals surface area (Å²) in [7, 11) is 0. The number of piperidine rings is 1. The minimum absolute atomic E-state index is 0.0283. The van der Waals surface area contributed by atoms with Crippen molar-refractivity contribution in [1.82, 2.24) is 15.1 Å². The Balaban J connectivity index is 1.55. The van der Waals surface area contributed by atoms with Crippen LogP contribution in [0.25, 0.3) is 0 Å². The Morgan fingerprint density at radius 1 is 1.32 bits per heavy atom. The fourth-order valence-electron chi connectivity index (χ4n) is 3.49. The highest BCUT2D eigenvalue weighted by Crippen LogP contribution is 2.23. The van der Waals surface area contributed by atoms with Gasteiger partial charge in [-0.15, -0.1) is 0 Å². The van der Waals surface area contributed by atoms with Crippen LogP contribution in [0.5, 0.6) is 0 Å². The van der Waals surface area contributed by atoms with E-state index in [0.29, 0.717) is 19.5 Å². The Hall–Kier alpha value is -2.77. The molecule has 6 nitrogen and oxygen atoms in total. The van der Waals surface area contributed by atoms with Gasteiger partial charge in [-0.1, -0.05) is 6.07 Å². The molecule has 8 heteroatoms. The zero-order valence-electron chi connectivity index (χ0n) is 15.8. The van der Waals surface area contributed by atoms with Gasteiger partial charge in [0.25, 0.3) is 5.56 Å². The molecule has 1 N–H and O–H groups in total. The highest BCUT2D eigenvalue weighted by atomic mass is 19.1. The van der Waals surface area contributed by atoms with Crippen molar-refractivity contribution >= 4 is 11.6 Å². The predicted octanol–water partition coefficient (Wildman–Crippen LogP) is 2.46. The van der Waals surface area contributed by atoms with Gasteiger partial charge in [0.15, 0.2) is 0 Å². The van der Waals surface area contributed by atoms with Crippen molar-refractivity contribution in [3.63, 3.8) is 0 Å². The summed E-state index contributed by atoms with van der Waals surface area (Å²) in [5.74, 6) is -1.34. The zero-order valence-corrected chi connectivity index (χ0v) is 15.8. The lowest BCUT2D eigenvalue weighted by molar-refractivity contribution is -0.122. The number of aromatic nitrogens is 2. The number of nitrogens with one attached hydrogen (secondary N) is 1. The smallest absolute Gasteiger partial charge is 0.268 e. The standard InChI is InChI=1S/C20H24F2N4O2/c1-2-26-20(28)10-17(12-24-26)25-7-3-4-14(13-25)8-19(27)23-11-15-5-6-16(21)9-18(15)22/h5-6,9-10,12,14H,2-4,7-8,11,13H2,1H3,(H,23,27). The summed E-state index contributed by atoms with van der Waals surface area (Å²) < 4.78 is 28.0. The van der Waals surface area contributed by atoms with Crippen LogP contribution in [0.15, 0.2) is 35.3 Å². The third-order valence-electron chi connectivity index (χ3n) is 5.00. The van der Waals surface area contributed by atoms with E-state index < -0.39 is 11.6 Å². The predicted molar refractivity (Wildman–Crippen MR) is 102 cm³/mol. The molecule has 1 aliphatic rings. The highest BCUT2D eigenvalue weighted by Gasteiger charge is 2.23. The average Bonchev–Trinajstić information content (AvgIpc) is 2.67. The Bertz CT molecular complexity index is 900. The maximum absolute atomic E-state index is 13.7. The van der Waals surface area contributed by atoms with E-state index in [1.54, 1.807) is 12.3 Å². The number of carbonyl (C=O) groups is 1. The molecule has 0 spiro atoms. The largest absolute Gasteiger partial charge is 0.370 e. The summed E-state index contributed by atoms with van der Waals surface area (Å²) >= 11 is 0. The van der Waals surface area contributed by atoms with Crippen LogP contribution in [0.2, 0.25) is 0 Å². The molecule has 0 saturated carbocycles. The third-order valence-corrected chi connectivity index (χ3v) is 5.00. The van der Waals surface area contributed by atoms with Crippen molar-refractivity contribution in [3.8, 4) is 0 Å². The van der Waals surface area contributed by atoms with E-state index >= 15 is 0 Å². The van der Waals surface area contributed by atoms with Crippen molar-refractivity contribution in [2.45, 2.75) is 39.3 Å². The van der Waals surface area contributed by atoms with Gasteiger partial charge < -0.3 is 10.2 Å². The van der Waals surface area contributed by atoms with Crippen LogP contribution >= 0.6 is 0 Å². The molecule has 1 saturated heterocycles. The van der Waals surface area contributed by atoms with Crippen molar-refractivity contribution in [2.24, 2.45) is 5.92 Å². The minimum Gasteiger partial charge on any atom is -0.370 e. The molecular formula is C20H24F2N4O2. The number of aryl methyl sites for hydroxylation is 1. The molecule has 28 heavy (non-hydrogen) atoms. The maximum Gasteiger partial charge on any atom is 0.268 e. The molecule has 1 amide bonds. The Kier molecular flexibility index (Phi) is 6.38. The quantitative estimate of drug-likeness (QED) is 0.823. The number of hydrogen-bond acceptors (Lipinski definition) is 4. The first kappa shape index (κ1) is 20.0. The first-order valence-electron chi connectivity index (χ1n) is 9.49. The van der Waals surface area contributed by atoms with E-state index in [1.165, 1.54) is 16.8 Å². The van der Waals surface area contributed by atoms with Crippen LogP contribution in [-0.4, -0.2) is 28.8 Å². The van der Waals surface area contributed by atoms with Gasteiger partial charge in [0, 0.05) is 50.3 Å². The second-order valence-corrected chi connectivity index (χ2v) is 7.04. The van der Waals surface area contributed by atoms with Gasteiger partial charge in [-0.05, 0) is 31.7 Å². The second-order valence-electron chi connectivity index (χ2n) is 7.04. The van der Waals surface area contributed by atoms with Gasteiger partial charge >= 0.3 is 0 Å². The van der Waals surface area contributed by atoms with Crippen LogP contribution in [0.4, 0.5) is 14.5 Å². The SMILES string of the molecule is CCn1ncc(N2CCCC(CC(=O)NCc3ccc(F)cc3F)C2)cc1=O. The summed E-state index contributed by atoms with van der Waals surface area (Å²) in [6.07, 6.45) is 3.83. The van der Waals surface area contributed by atoms with Gasteiger partial charge in [0.05, 0.1) is 11.9 Å². The van der Waals surface area contributed by atoms with Gasteiger partial charge in [0.2, 0.25) is 5.91 Å². The molecule has 1 unspecified atom stereocenters. The molecule has 1 aromatic carbocycles. The number of amides is 1. The van der Waals surface area contributed by atoms with Crippen LogP contribution in [-0.2, 0) is 17.9 Å². The van der Waals surface area contributed by atoms with Crippen LogP contribution < -0.4 is 15.8 Å². The van der Waals surface area contributed by atoms with E-state index in [4.69, 9.17) is 0 Å². The Morgan fingerprint density at radius 3 is 2.86 bits per heavy atom. The first-order valence-corrected chi connectivity index (χ1v) is 9.49. The maximum atomic E-state index is 13.7. The van der Waals surface area contributed by atoms with E-state index in [1.807, 2.05) is 6.92 Å². The summed E-state index contributed by atoms with van der Waals surface area (Å²) in [5.41, 5.74) is 0.886. The molecule has 3 rings (SSSR count). The number of hydrogen-bond donors (Lipinski definition) is 1. The first-order chi connectivity index (χ1) is 13.5. The molecule has 2 aromatic rings. The van der Waals surface area contributed by atoms with Crippen LogP contribution in [0.1, 0.15) is 31.7 Å². The van der Waals surface area contributed by atoms with Crippen molar-refractivity contribution in [3.05, 3.63) is 58.0 Å². The topological polar surface area (TPSA) is 67.2 Å². The van der Waals surface area contributed by atoms with Crippen LogP contribution in [0.3, 0.4) is 0 Å². The van der Waals surface area contributed by atoms with E-state index in [-0.39, 0.29) is 29.5 Å². The monoisotopic (exact) mass is 390 g/mol. The van der Waals surface area contributed by atoms with Gasteiger partial charge in [0.1, 0.15) is 11.6 Å². The Labute approximate surface area is 162 Å². The zero-order chi connectivity index (χ0) is 20.1. The molecule has 1 aliphatic heterocycles. The summed E-state index contributed by atoms with van der Waals surface area (Å²) in [4.78, 5) is 26.3. The molecule has 1 atom stereocenters. The fraction of sp³-hybridized carbons (Fsp3) is 0.450. The Morgan fingerprint density at radius 2 is 2.14 bits per heavy atom. The van der Waals surface area contributed by atoms with Gasteiger partial charge in [-0.3, -0.25) is 9.59 Å².